The molecule has 3 aromatic rings. The van der Waals surface area contributed by atoms with Crippen LogP contribution < -0.4 is 15.0 Å². The van der Waals surface area contributed by atoms with Gasteiger partial charge in [0, 0.05) is 23.9 Å². The van der Waals surface area contributed by atoms with Crippen LogP contribution in [0.2, 0.25) is 0 Å². The molecule has 2 amide bonds. The zero-order chi connectivity index (χ0) is 21.3. The number of nitrogens with one attached hydrogen (secondary N) is 1. The molecule has 0 radical (unpaired) electrons. The molecule has 0 aliphatic carbocycles. The summed E-state index contributed by atoms with van der Waals surface area (Å²) in [6, 6.07) is 10.2. The number of fused-ring (bicyclic) bond motifs is 1. The van der Waals surface area contributed by atoms with Crippen molar-refractivity contribution in [1.29, 1.82) is 0 Å². The van der Waals surface area contributed by atoms with E-state index in [0.717, 1.165) is 29.5 Å². The first-order valence-corrected chi connectivity index (χ1v) is 10.1. The van der Waals surface area contributed by atoms with Gasteiger partial charge in [0.25, 0.3) is 5.91 Å². The molecule has 1 atom stereocenters. The zero-order valence-corrected chi connectivity index (χ0v) is 16.7. The summed E-state index contributed by atoms with van der Waals surface area (Å²) in [7, 11) is 0. The van der Waals surface area contributed by atoms with Crippen molar-refractivity contribution in [1.82, 2.24) is 4.98 Å². The molecule has 30 heavy (non-hydrogen) atoms. The van der Waals surface area contributed by atoms with Gasteiger partial charge in [-0.1, -0.05) is 12.1 Å². The lowest BCUT2D eigenvalue weighted by Gasteiger charge is -2.32. The summed E-state index contributed by atoms with van der Waals surface area (Å²) in [5.41, 5.74) is 0.876. The van der Waals surface area contributed by atoms with E-state index in [1.807, 2.05) is 6.07 Å². The molecule has 6 nitrogen and oxygen atoms in total. The number of nitrogens with zero attached hydrogens (tertiary/aromatic N) is 2. The molecule has 154 valence electrons. The largest absolute Gasteiger partial charge is 0.479 e. The highest BCUT2D eigenvalue weighted by Crippen LogP contribution is 2.33. The van der Waals surface area contributed by atoms with Gasteiger partial charge in [-0.25, -0.2) is 13.8 Å². The lowest BCUT2D eigenvalue weighted by molar-refractivity contribution is -0.125. The summed E-state index contributed by atoms with van der Waals surface area (Å²) < 4.78 is 32.9. The fraction of sp³-hybridized carbons (Fsp3) is 0.190. The Labute approximate surface area is 175 Å². The average Bonchev–Trinajstić information content (AvgIpc) is 3.18. The minimum Gasteiger partial charge on any atom is -0.479 e. The lowest BCUT2D eigenvalue weighted by atomic mass is 10.1. The number of anilines is 2. The van der Waals surface area contributed by atoms with Crippen molar-refractivity contribution in [2.75, 3.05) is 16.8 Å². The van der Waals surface area contributed by atoms with E-state index in [1.165, 1.54) is 10.3 Å². The molecular weight excluding hydrogens is 412 g/mol. The Morgan fingerprint density at radius 2 is 2.07 bits per heavy atom. The van der Waals surface area contributed by atoms with Crippen LogP contribution in [0.3, 0.4) is 0 Å². The van der Waals surface area contributed by atoms with Gasteiger partial charge in [-0.15, -0.1) is 11.3 Å². The van der Waals surface area contributed by atoms with Gasteiger partial charge in [0.15, 0.2) is 11.2 Å². The monoisotopic (exact) mass is 429 g/mol. The number of aromatic nitrogens is 1. The summed E-state index contributed by atoms with van der Waals surface area (Å²) in [6.07, 6.45) is -0.596. The van der Waals surface area contributed by atoms with Crippen molar-refractivity contribution in [2.45, 2.75) is 19.4 Å². The SMILES string of the molecule is CC1Oc2ccccc2N(CCC(=O)Nc2nc(-c3cc(F)ccc3F)cs2)C1=O. The lowest BCUT2D eigenvalue weighted by Crippen LogP contribution is -2.45. The van der Waals surface area contributed by atoms with Crippen LogP contribution in [0.25, 0.3) is 11.3 Å². The summed E-state index contributed by atoms with van der Waals surface area (Å²) in [5.74, 6) is -1.15. The normalized spacial score (nSPS) is 15.5. The molecule has 1 unspecified atom stereocenters. The smallest absolute Gasteiger partial charge is 0.267 e. The van der Waals surface area contributed by atoms with Crippen LogP contribution in [-0.4, -0.2) is 29.4 Å². The Hall–Kier alpha value is -3.33. The first-order valence-electron chi connectivity index (χ1n) is 9.20. The molecule has 9 heteroatoms. The molecule has 2 aromatic carbocycles. The minimum atomic E-state index is -0.634. The Balaban J connectivity index is 1.42. The number of hydrogen-bond donors (Lipinski definition) is 1. The van der Waals surface area contributed by atoms with Crippen LogP contribution in [0.15, 0.2) is 47.8 Å². The van der Waals surface area contributed by atoms with Crippen LogP contribution in [0.5, 0.6) is 5.75 Å². The van der Waals surface area contributed by atoms with E-state index in [4.69, 9.17) is 4.74 Å². The molecule has 2 heterocycles. The summed E-state index contributed by atoms with van der Waals surface area (Å²) in [5, 5.41) is 4.44. The third-order valence-corrected chi connectivity index (χ3v) is 5.35. The number of ether oxygens (including phenoxy) is 1. The van der Waals surface area contributed by atoms with Gasteiger partial charge >= 0.3 is 0 Å². The fourth-order valence-corrected chi connectivity index (χ4v) is 3.86. The van der Waals surface area contributed by atoms with Gasteiger partial charge in [0.2, 0.25) is 5.91 Å². The topological polar surface area (TPSA) is 71.5 Å². The number of carbonyl (C=O) groups is 2. The molecule has 0 fully saturated rings. The maximum absolute atomic E-state index is 13.9. The van der Waals surface area contributed by atoms with E-state index >= 15 is 0 Å². The van der Waals surface area contributed by atoms with Crippen LogP contribution in [0.4, 0.5) is 19.6 Å². The molecule has 0 bridgehead atoms. The highest BCUT2D eigenvalue weighted by Gasteiger charge is 2.31. The molecule has 1 N–H and O–H groups in total. The molecule has 0 spiro atoms. The number of hydrogen-bond acceptors (Lipinski definition) is 5. The molecule has 1 aliphatic heterocycles. The van der Waals surface area contributed by atoms with Crippen molar-refractivity contribution < 1.29 is 23.1 Å². The molecule has 0 saturated heterocycles. The number of rotatable bonds is 5. The van der Waals surface area contributed by atoms with Gasteiger partial charge in [-0.05, 0) is 37.3 Å². The zero-order valence-electron chi connectivity index (χ0n) is 15.9. The number of thiazole rings is 1. The van der Waals surface area contributed by atoms with E-state index in [0.29, 0.717) is 11.4 Å². The number of amides is 2. The van der Waals surface area contributed by atoms with Gasteiger partial charge in [0.1, 0.15) is 17.4 Å². The first-order chi connectivity index (χ1) is 14.4. The molecular formula is C21H17F2N3O3S. The van der Waals surface area contributed by atoms with Crippen LogP contribution in [0.1, 0.15) is 13.3 Å². The Morgan fingerprint density at radius 3 is 2.90 bits per heavy atom. The van der Waals surface area contributed by atoms with Gasteiger partial charge in [-0.3, -0.25) is 9.59 Å². The maximum atomic E-state index is 13.9. The Morgan fingerprint density at radius 1 is 1.27 bits per heavy atom. The maximum Gasteiger partial charge on any atom is 0.267 e. The fourth-order valence-electron chi connectivity index (χ4n) is 3.13. The second-order valence-corrected chi connectivity index (χ2v) is 7.54. The van der Waals surface area contributed by atoms with E-state index in [-0.39, 0.29) is 41.2 Å². The molecule has 0 saturated carbocycles. The Kier molecular flexibility index (Phi) is 5.45. The predicted octanol–water partition coefficient (Wildman–Crippen LogP) is 4.23. The third kappa shape index (κ3) is 4.02. The number of carbonyl (C=O) groups excluding carboxylic acids is 2. The number of halogens is 2. The summed E-state index contributed by atoms with van der Waals surface area (Å²) in [6.45, 7) is 1.83. The quantitative estimate of drug-likeness (QED) is 0.659. The second kappa shape index (κ2) is 8.19. The minimum absolute atomic E-state index is 0.0243. The predicted molar refractivity (Wildman–Crippen MR) is 110 cm³/mol. The third-order valence-electron chi connectivity index (χ3n) is 4.59. The summed E-state index contributed by atoms with van der Waals surface area (Å²) >= 11 is 1.11. The highest BCUT2D eigenvalue weighted by atomic mass is 32.1. The van der Waals surface area contributed by atoms with Crippen molar-refractivity contribution in [3.8, 4) is 17.0 Å². The van der Waals surface area contributed by atoms with Crippen LogP contribution in [0, 0.1) is 11.6 Å². The van der Waals surface area contributed by atoms with Crippen molar-refractivity contribution in [2.24, 2.45) is 0 Å². The van der Waals surface area contributed by atoms with Crippen LogP contribution >= 0.6 is 11.3 Å². The number of para-hydroxylation sites is 2. The highest BCUT2D eigenvalue weighted by molar-refractivity contribution is 7.14. The first kappa shape index (κ1) is 20.0. The molecule has 4 rings (SSSR count). The standard InChI is InChI=1S/C21H17F2N3O3S/c1-12-20(28)26(17-4-2-3-5-18(17)29-12)9-8-19(27)25-21-24-16(11-30-21)14-10-13(22)6-7-15(14)23/h2-7,10-12H,8-9H2,1H3,(H,24,25,27). The van der Waals surface area contributed by atoms with Crippen molar-refractivity contribution in [3.05, 3.63) is 59.5 Å². The van der Waals surface area contributed by atoms with Gasteiger partial charge in [0.05, 0.1) is 11.4 Å². The van der Waals surface area contributed by atoms with Crippen molar-refractivity contribution in [3.63, 3.8) is 0 Å². The van der Waals surface area contributed by atoms with Gasteiger partial charge < -0.3 is 15.0 Å². The van der Waals surface area contributed by atoms with Crippen LogP contribution in [-0.2, 0) is 9.59 Å². The van der Waals surface area contributed by atoms with E-state index in [2.05, 4.69) is 10.3 Å². The summed E-state index contributed by atoms with van der Waals surface area (Å²) in [4.78, 5) is 30.5. The number of benzene rings is 2. The van der Waals surface area contributed by atoms with Gasteiger partial charge in [-0.2, -0.15) is 0 Å². The van der Waals surface area contributed by atoms with E-state index < -0.39 is 17.7 Å². The van der Waals surface area contributed by atoms with Crippen molar-refractivity contribution >= 4 is 34.0 Å². The molecule has 1 aliphatic rings. The molecule has 1 aromatic heterocycles. The average molecular weight is 429 g/mol. The second-order valence-electron chi connectivity index (χ2n) is 6.68. The Bertz CT molecular complexity index is 1120. The van der Waals surface area contributed by atoms with E-state index in [9.17, 15) is 18.4 Å². The van der Waals surface area contributed by atoms with E-state index in [1.54, 1.807) is 25.1 Å².